The smallest absolute Gasteiger partial charge is 0.181 e. The normalized spacial score (nSPS) is 11.9. The van der Waals surface area contributed by atoms with E-state index in [-0.39, 0.29) is 6.04 Å². The molecule has 1 atom stereocenters. The number of benzene rings is 1. The van der Waals surface area contributed by atoms with Gasteiger partial charge in [0.05, 0.1) is 6.04 Å². The fourth-order valence-corrected chi connectivity index (χ4v) is 3.11. The summed E-state index contributed by atoms with van der Waals surface area (Å²) in [7, 11) is 0. The van der Waals surface area contributed by atoms with Gasteiger partial charge in [0.15, 0.2) is 5.82 Å². The number of anilines is 1. The quantitative estimate of drug-likeness (QED) is 0.412. The second-order valence-electron chi connectivity index (χ2n) is 6.48. The van der Waals surface area contributed by atoms with Crippen molar-refractivity contribution in [1.29, 1.82) is 0 Å². The van der Waals surface area contributed by atoms with Crippen LogP contribution in [0.15, 0.2) is 73.3 Å². The first kappa shape index (κ1) is 19.0. The molecule has 0 radical (unpaired) electrons. The van der Waals surface area contributed by atoms with E-state index in [0.717, 1.165) is 22.6 Å². The summed E-state index contributed by atoms with van der Waals surface area (Å²) >= 11 is 6.14. The van der Waals surface area contributed by atoms with Crippen LogP contribution in [0.3, 0.4) is 0 Å². The fourth-order valence-electron chi connectivity index (χ4n) is 2.92. The molecule has 0 saturated heterocycles. The van der Waals surface area contributed by atoms with Gasteiger partial charge < -0.3 is 10.6 Å². The molecule has 146 valence electrons. The molecular formula is C21H20ClN7. The number of nitrogens with one attached hydrogen (secondary N) is 3. The molecule has 0 aliphatic rings. The number of hydrogen-bond acceptors (Lipinski definition) is 6. The van der Waals surface area contributed by atoms with Crippen molar-refractivity contribution < 1.29 is 0 Å². The highest BCUT2D eigenvalue weighted by Crippen LogP contribution is 2.22. The topological polar surface area (TPSA) is 91.4 Å². The van der Waals surface area contributed by atoms with Gasteiger partial charge in [-0.3, -0.25) is 15.1 Å². The standard InChI is InChI=1S/C21H20ClN7/c22-17-4-1-5-18(11-17)26-19(14-25-13-15-3-2-8-24-12-15)21-27-20(28-29-21)16-6-9-23-10-7-16/h1-12,19,25-26H,13-14H2,(H,27,28,29). The van der Waals surface area contributed by atoms with Crippen molar-refractivity contribution in [2.45, 2.75) is 12.6 Å². The predicted octanol–water partition coefficient (Wildman–Crippen LogP) is 3.86. The van der Waals surface area contributed by atoms with E-state index in [0.29, 0.717) is 23.9 Å². The number of H-pyrrole nitrogens is 1. The van der Waals surface area contributed by atoms with Crippen LogP contribution in [-0.4, -0.2) is 31.7 Å². The highest BCUT2D eigenvalue weighted by Gasteiger charge is 2.17. The SMILES string of the molecule is Clc1cccc(NC(CNCc2cccnc2)c2nc(-c3ccncc3)n[nH]2)c1. The Hall–Kier alpha value is -3.29. The minimum atomic E-state index is -0.131. The average molecular weight is 406 g/mol. The van der Waals surface area contributed by atoms with Crippen molar-refractivity contribution in [2.75, 3.05) is 11.9 Å². The molecule has 3 heterocycles. The highest BCUT2D eigenvalue weighted by molar-refractivity contribution is 6.30. The van der Waals surface area contributed by atoms with Crippen LogP contribution < -0.4 is 10.6 Å². The molecule has 29 heavy (non-hydrogen) atoms. The average Bonchev–Trinajstić information content (AvgIpc) is 3.25. The Morgan fingerprint density at radius 3 is 2.69 bits per heavy atom. The number of hydrogen-bond donors (Lipinski definition) is 3. The molecule has 0 aliphatic carbocycles. The lowest BCUT2D eigenvalue weighted by Crippen LogP contribution is -2.27. The molecule has 4 rings (SSSR count). The first-order valence-corrected chi connectivity index (χ1v) is 9.60. The van der Waals surface area contributed by atoms with Gasteiger partial charge in [-0.15, -0.1) is 0 Å². The number of aromatic amines is 1. The Bertz CT molecular complexity index is 1040. The molecule has 0 saturated carbocycles. The summed E-state index contributed by atoms with van der Waals surface area (Å²) in [6.45, 7) is 1.33. The third kappa shape index (κ3) is 5.16. The third-order valence-electron chi connectivity index (χ3n) is 4.34. The van der Waals surface area contributed by atoms with Crippen molar-refractivity contribution in [2.24, 2.45) is 0 Å². The second kappa shape index (κ2) is 9.27. The zero-order valence-electron chi connectivity index (χ0n) is 15.6. The molecule has 0 amide bonds. The van der Waals surface area contributed by atoms with Gasteiger partial charge in [-0.25, -0.2) is 4.98 Å². The maximum Gasteiger partial charge on any atom is 0.181 e. The van der Waals surface area contributed by atoms with Crippen LogP contribution in [0.2, 0.25) is 5.02 Å². The van der Waals surface area contributed by atoms with E-state index >= 15 is 0 Å². The molecule has 3 aromatic heterocycles. The van der Waals surface area contributed by atoms with Crippen LogP contribution in [0.25, 0.3) is 11.4 Å². The highest BCUT2D eigenvalue weighted by atomic mass is 35.5. The Morgan fingerprint density at radius 2 is 1.90 bits per heavy atom. The lowest BCUT2D eigenvalue weighted by atomic mass is 10.2. The molecule has 4 aromatic rings. The molecule has 1 unspecified atom stereocenters. The number of halogens is 1. The Labute approximate surface area is 173 Å². The van der Waals surface area contributed by atoms with E-state index in [9.17, 15) is 0 Å². The Morgan fingerprint density at radius 1 is 1.00 bits per heavy atom. The Balaban J connectivity index is 1.52. The van der Waals surface area contributed by atoms with Gasteiger partial charge in [0, 0.05) is 54.2 Å². The van der Waals surface area contributed by atoms with Gasteiger partial charge in [0.1, 0.15) is 5.82 Å². The maximum atomic E-state index is 6.14. The summed E-state index contributed by atoms with van der Waals surface area (Å²) < 4.78 is 0. The first-order chi connectivity index (χ1) is 14.3. The molecule has 1 aromatic carbocycles. The van der Waals surface area contributed by atoms with Gasteiger partial charge in [-0.05, 0) is 42.0 Å². The molecule has 0 fully saturated rings. The van der Waals surface area contributed by atoms with Crippen LogP contribution in [0.4, 0.5) is 5.69 Å². The van der Waals surface area contributed by atoms with Gasteiger partial charge in [-0.1, -0.05) is 23.7 Å². The van der Waals surface area contributed by atoms with E-state index < -0.39 is 0 Å². The lowest BCUT2D eigenvalue weighted by molar-refractivity contribution is 0.601. The van der Waals surface area contributed by atoms with Crippen molar-refractivity contribution in [3.8, 4) is 11.4 Å². The monoisotopic (exact) mass is 405 g/mol. The maximum absolute atomic E-state index is 6.14. The molecule has 7 nitrogen and oxygen atoms in total. The second-order valence-corrected chi connectivity index (χ2v) is 6.92. The minimum Gasteiger partial charge on any atom is -0.374 e. The minimum absolute atomic E-state index is 0.131. The van der Waals surface area contributed by atoms with Gasteiger partial charge in [0.25, 0.3) is 0 Å². The molecule has 0 aliphatic heterocycles. The zero-order valence-corrected chi connectivity index (χ0v) is 16.3. The van der Waals surface area contributed by atoms with Gasteiger partial charge in [0.2, 0.25) is 0 Å². The largest absolute Gasteiger partial charge is 0.374 e. The predicted molar refractivity (Wildman–Crippen MR) is 113 cm³/mol. The number of aromatic nitrogens is 5. The molecule has 0 spiro atoms. The van der Waals surface area contributed by atoms with Crippen LogP contribution in [-0.2, 0) is 6.54 Å². The number of nitrogens with zero attached hydrogens (tertiary/aromatic N) is 4. The van der Waals surface area contributed by atoms with Crippen molar-refractivity contribution in [3.05, 3.63) is 89.7 Å². The third-order valence-corrected chi connectivity index (χ3v) is 4.57. The van der Waals surface area contributed by atoms with Crippen LogP contribution in [0, 0.1) is 0 Å². The summed E-state index contributed by atoms with van der Waals surface area (Å²) in [4.78, 5) is 12.9. The van der Waals surface area contributed by atoms with E-state index in [1.165, 1.54) is 0 Å². The van der Waals surface area contributed by atoms with E-state index in [1.807, 2.05) is 54.7 Å². The van der Waals surface area contributed by atoms with E-state index in [4.69, 9.17) is 11.6 Å². The summed E-state index contributed by atoms with van der Waals surface area (Å²) in [6, 6.07) is 15.2. The molecular weight excluding hydrogens is 386 g/mol. The lowest BCUT2D eigenvalue weighted by Gasteiger charge is -2.18. The van der Waals surface area contributed by atoms with Crippen molar-refractivity contribution >= 4 is 17.3 Å². The molecule has 3 N–H and O–H groups in total. The molecule has 8 heteroatoms. The van der Waals surface area contributed by atoms with E-state index in [2.05, 4.69) is 35.8 Å². The first-order valence-electron chi connectivity index (χ1n) is 9.22. The van der Waals surface area contributed by atoms with Gasteiger partial charge in [-0.2, -0.15) is 5.10 Å². The van der Waals surface area contributed by atoms with Crippen LogP contribution >= 0.6 is 11.6 Å². The fraction of sp³-hybridized carbons (Fsp3) is 0.143. The summed E-state index contributed by atoms with van der Waals surface area (Å²) in [6.07, 6.45) is 7.07. The number of rotatable bonds is 8. The zero-order chi connectivity index (χ0) is 19.9. The van der Waals surface area contributed by atoms with Crippen LogP contribution in [0.1, 0.15) is 17.4 Å². The summed E-state index contributed by atoms with van der Waals surface area (Å²) in [5.41, 5.74) is 2.93. The summed E-state index contributed by atoms with van der Waals surface area (Å²) in [5.74, 6) is 1.36. The number of pyridine rings is 2. The summed E-state index contributed by atoms with van der Waals surface area (Å²) in [5, 5.41) is 15.0. The van der Waals surface area contributed by atoms with Crippen LogP contribution in [0.5, 0.6) is 0 Å². The molecule has 0 bridgehead atoms. The van der Waals surface area contributed by atoms with Crippen molar-refractivity contribution in [3.63, 3.8) is 0 Å². The Kier molecular flexibility index (Phi) is 6.09. The van der Waals surface area contributed by atoms with Gasteiger partial charge >= 0.3 is 0 Å². The van der Waals surface area contributed by atoms with Crippen molar-refractivity contribution in [1.82, 2.24) is 30.5 Å². The van der Waals surface area contributed by atoms with E-state index in [1.54, 1.807) is 18.6 Å².